The lowest BCUT2D eigenvalue weighted by molar-refractivity contribution is -0.136. The Bertz CT molecular complexity index is 1210. The number of nitrogens with zero attached hydrogens (tertiary/aromatic N) is 3. The molecule has 5 rings (SSSR count). The van der Waals surface area contributed by atoms with E-state index in [1.165, 1.54) is 10.9 Å². The number of carbonyl (C=O) groups excluding carboxylic acids is 1. The Hall–Kier alpha value is -3.03. The molecule has 3 heterocycles. The normalized spacial score (nSPS) is 19.4. The predicted molar refractivity (Wildman–Crippen MR) is 127 cm³/mol. The van der Waals surface area contributed by atoms with Gasteiger partial charge in [-0.05, 0) is 23.8 Å². The second-order valence-electron chi connectivity index (χ2n) is 9.28. The molecule has 2 aromatic carbocycles. The number of aryl methyl sites for hydroxylation is 1. The van der Waals surface area contributed by atoms with E-state index in [4.69, 9.17) is 9.47 Å². The number of hydrogen-bond donors (Lipinski definition) is 1. The summed E-state index contributed by atoms with van der Waals surface area (Å²) in [5, 5.41) is 11.5. The van der Waals surface area contributed by atoms with Gasteiger partial charge < -0.3 is 24.0 Å². The van der Waals surface area contributed by atoms with E-state index in [0.717, 1.165) is 47.9 Å². The molecule has 174 valence electrons. The maximum absolute atomic E-state index is 12.6. The van der Waals surface area contributed by atoms with Gasteiger partial charge in [0.1, 0.15) is 11.5 Å². The summed E-state index contributed by atoms with van der Waals surface area (Å²) in [7, 11) is 5.39. The highest BCUT2D eigenvalue weighted by molar-refractivity contribution is 5.89. The van der Waals surface area contributed by atoms with Gasteiger partial charge in [-0.1, -0.05) is 18.2 Å². The van der Waals surface area contributed by atoms with Crippen molar-refractivity contribution in [3.8, 4) is 11.5 Å². The Kier molecular flexibility index (Phi) is 5.34. The van der Waals surface area contributed by atoms with Crippen LogP contribution >= 0.6 is 0 Å². The van der Waals surface area contributed by atoms with Crippen LogP contribution in [0.3, 0.4) is 0 Å². The van der Waals surface area contributed by atoms with E-state index in [0.29, 0.717) is 6.54 Å². The fraction of sp³-hybridized carbons (Fsp3) is 0.423. The molecule has 0 saturated carbocycles. The number of hydrogen-bond acceptors (Lipinski definition) is 5. The van der Waals surface area contributed by atoms with Gasteiger partial charge in [0.05, 0.1) is 32.4 Å². The van der Waals surface area contributed by atoms with Crippen molar-refractivity contribution in [3.05, 3.63) is 59.3 Å². The summed E-state index contributed by atoms with van der Waals surface area (Å²) < 4.78 is 13.2. The summed E-state index contributed by atoms with van der Waals surface area (Å²) in [6.45, 7) is 4.57. The minimum atomic E-state index is -0.352. The predicted octanol–water partition coefficient (Wildman–Crippen LogP) is 2.84. The number of fused-ring (bicyclic) bond motifs is 4. The Morgan fingerprint density at radius 1 is 1.12 bits per heavy atom. The van der Waals surface area contributed by atoms with E-state index >= 15 is 0 Å². The molecule has 1 N–H and O–H groups in total. The molecule has 0 bridgehead atoms. The van der Waals surface area contributed by atoms with Crippen LogP contribution in [-0.4, -0.2) is 65.8 Å². The zero-order valence-electron chi connectivity index (χ0n) is 19.7. The maximum atomic E-state index is 12.6. The number of benzene rings is 2. The molecule has 2 aliphatic heterocycles. The highest BCUT2D eigenvalue weighted by Gasteiger charge is 2.53. The first-order valence-corrected chi connectivity index (χ1v) is 11.3. The van der Waals surface area contributed by atoms with Crippen molar-refractivity contribution in [2.24, 2.45) is 7.05 Å². The monoisotopic (exact) mass is 449 g/mol. The van der Waals surface area contributed by atoms with Gasteiger partial charge in [-0.3, -0.25) is 9.69 Å². The fourth-order valence-corrected chi connectivity index (χ4v) is 5.94. The van der Waals surface area contributed by atoms with Gasteiger partial charge in [-0.25, -0.2) is 0 Å². The first kappa shape index (κ1) is 21.8. The highest BCUT2D eigenvalue weighted by Crippen LogP contribution is 2.50. The molecule has 1 fully saturated rings. The smallest absolute Gasteiger partial charge is 0.220 e. The molecule has 2 aliphatic rings. The summed E-state index contributed by atoms with van der Waals surface area (Å²) in [6, 6.07) is 13.9. The van der Waals surface area contributed by atoms with E-state index in [1.54, 1.807) is 21.1 Å². The number of rotatable bonds is 5. The third-order valence-electron chi connectivity index (χ3n) is 7.36. The summed E-state index contributed by atoms with van der Waals surface area (Å²) in [5.74, 6) is 1.68. The van der Waals surface area contributed by atoms with Gasteiger partial charge >= 0.3 is 0 Å². The van der Waals surface area contributed by atoms with Crippen molar-refractivity contribution in [2.75, 3.05) is 40.5 Å². The molecule has 7 heteroatoms. The van der Waals surface area contributed by atoms with E-state index in [1.807, 2.05) is 42.3 Å². The largest absolute Gasteiger partial charge is 0.497 e. The number of aliphatic hydroxyl groups is 1. The lowest BCUT2D eigenvalue weighted by atomic mass is 9.68. The molecule has 33 heavy (non-hydrogen) atoms. The molecule has 1 atom stereocenters. The average Bonchev–Trinajstić information content (AvgIpc) is 3.10. The standard InChI is InChI=1S/C26H31N3O4/c1-17(31)29-16-26(14-28(15-26)12-18-7-5-6-8-23(18)33-4)24-20-10-9-19(32-3)11-21(20)27(2)25(24)22(29)13-30/h5-11,22,30H,12-16H2,1-4H3/t22-/m1/s1. The number of para-hydroxylation sites is 1. The van der Waals surface area contributed by atoms with Gasteiger partial charge in [0.25, 0.3) is 0 Å². The Morgan fingerprint density at radius 2 is 1.88 bits per heavy atom. The van der Waals surface area contributed by atoms with E-state index < -0.39 is 0 Å². The van der Waals surface area contributed by atoms with Gasteiger partial charge in [-0.2, -0.15) is 0 Å². The summed E-state index contributed by atoms with van der Waals surface area (Å²) >= 11 is 0. The number of ether oxygens (including phenoxy) is 2. The Balaban J connectivity index is 1.58. The summed E-state index contributed by atoms with van der Waals surface area (Å²) in [5.41, 5.74) is 4.33. The van der Waals surface area contributed by atoms with Crippen molar-refractivity contribution < 1.29 is 19.4 Å². The first-order valence-electron chi connectivity index (χ1n) is 11.3. The topological polar surface area (TPSA) is 67.2 Å². The van der Waals surface area contributed by atoms with Crippen LogP contribution < -0.4 is 9.47 Å². The van der Waals surface area contributed by atoms with E-state index in [-0.39, 0.29) is 24.0 Å². The second kappa shape index (κ2) is 8.08. The van der Waals surface area contributed by atoms with Crippen LogP contribution in [0.2, 0.25) is 0 Å². The minimum absolute atomic E-state index is 0.00918. The Morgan fingerprint density at radius 3 is 2.55 bits per heavy atom. The second-order valence-corrected chi connectivity index (χ2v) is 9.28. The van der Waals surface area contributed by atoms with Crippen LogP contribution in [0.4, 0.5) is 0 Å². The number of carbonyl (C=O) groups is 1. The zero-order valence-corrected chi connectivity index (χ0v) is 19.7. The van der Waals surface area contributed by atoms with E-state index in [9.17, 15) is 9.90 Å². The summed E-state index contributed by atoms with van der Waals surface area (Å²) in [4.78, 5) is 16.9. The van der Waals surface area contributed by atoms with Crippen LogP contribution in [0.1, 0.15) is 29.8 Å². The molecule has 3 aromatic rings. The molecular formula is C26H31N3O4. The number of likely N-dealkylation sites (tertiary alicyclic amines) is 1. The van der Waals surface area contributed by atoms with Gasteiger partial charge in [-0.15, -0.1) is 0 Å². The maximum Gasteiger partial charge on any atom is 0.220 e. The third-order valence-corrected chi connectivity index (χ3v) is 7.36. The minimum Gasteiger partial charge on any atom is -0.497 e. The van der Waals surface area contributed by atoms with Gasteiger partial charge in [0, 0.05) is 68.3 Å². The molecule has 1 spiro atoms. The van der Waals surface area contributed by atoms with Crippen molar-refractivity contribution in [1.29, 1.82) is 0 Å². The highest BCUT2D eigenvalue weighted by atomic mass is 16.5. The van der Waals surface area contributed by atoms with Crippen molar-refractivity contribution >= 4 is 16.8 Å². The van der Waals surface area contributed by atoms with Crippen molar-refractivity contribution in [2.45, 2.75) is 24.9 Å². The lowest BCUT2D eigenvalue weighted by Crippen LogP contribution is -2.66. The fourth-order valence-electron chi connectivity index (χ4n) is 5.94. The van der Waals surface area contributed by atoms with Crippen molar-refractivity contribution in [1.82, 2.24) is 14.4 Å². The molecule has 0 unspecified atom stereocenters. The SMILES string of the molecule is COc1ccc2c3c(n(C)c2c1)[C@@H](CO)N(C(C)=O)CC31CN(Cc2ccccc2OC)C1. The van der Waals surface area contributed by atoms with Gasteiger partial charge in [0.15, 0.2) is 0 Å². The quantitative estimate of drug-likeness (QED) is 0.649. The van der Waals surface area contributed by atoms with Crippen LogP contribution in [-0.2, 0) is 23.8 Å². The molecule has 0 aliphatic carbocycles. The molecule has 1 aromatic heterocycles. The molecule has 1 amide bonds. The van der Waals surface area contributed by atoms with Crippen LogP contribution in [0.25, 0.3) is 10.9 Å². The molecular weight excluding hydrogens is 418 g/mol. The Labute approximate surface area is 194 Å². The number of methoxy groups -OCH3 is 2. The number of aromatic nitrogens is 1. The van der Waals surface area contributed by atoms with Crippen LogP contribution in [0, 0.1) is 0 Å². The van der Waals surface area contributed by atoms with Crippen LogP contribution in [0.15, 0.2) is 42.5 Å². The summed E-state index contributed by atoms with van der Waals surface area (Å²) in [6.07, 6.45) is 0. The molecule has 0 radical (unpaired) electrons. The van der Waals surface area contributed by atoms with Crippen molar-refractivity contribution in [3.63, 3.8) is 0 Å². The molecule has 7 nitrogen and oxygen atoms in total. The van der Waals surface area contributed by atoms with Gasteiger partial charge in [0.2, 0.25) is 5.91 Å². The third kappa shape index (κ3) is 3.30. The molecule has 1 saturated heterocycles. The first-order chi connectivity index (χ1) is 15.9. The van der Waals surface area contributed by atoms with E-state index in [2.05, 4.69) is 21.6 Å². The average molecular weight is 450 g/mol. The number of amides is 1. The number of aliphatic hydroxyl groups excluding tert-OH is 1. The lowest BCUT2D eigenvalue weighted by Gasteiger charge is -2.56. The van der Waals surface area contributed by atoms with Crippen LogP contribution in [0.5, 0.6) is 11.5 Å². The zero-order chi connectivity index (χ0) is 23.3.